The van der Waals surface area contributed by atoms with Gasteiger partial charge >= 0.3 is 0 Å². The third kappa shape index (κ3) is 3.03. The largest absolute Gasteiger partial charge is 0.311 e. The van der Waals surface area contributed by atoms with E-state index in [0.29, 0.717) is 4.77 Å². The molecule has 0 atom stereocenters. The first kappa shape index (κ1) is 16.8. The van der Waals surface area contributed by atoms with Crippen LogP contribution in [-0.2, 0) is 19.4 Å². The Labute approximate surface area is 168 Å². The van der Waals surface area contributed by atoms with Crippen molar-refractivity contribution in [1.29, 1.82) is 0 Å². The van der Waals surface area contributed by atoms with Gasteiger partial charge in [-0.2, -0.15) is 0 Å². The van der Waals surface area contributed by atoms with E-state index < -0.39 is 0 Å². The van der Waals surface area contributed by atoms with Crippen LogP contribution in [0.25, 0.3) is 21.5 Å². The van der Waals surface area contributed by atoms with E-state index in [4.69, 9.17) is 17.2 Å². The second-order valence-electron chi connectivity index (χ2n) is 7.07. The molecule has 27 heavy (non-hydrogen) atoms. The smallest absolute Gasteiger partial charge is 0.201 e. The molecule has 2 heterocycles. The Morgan fingerprint density at radius 3 is 2.41 bits per heavy atom. The number of hydrogen-bond acceptors (Lipinski definition) is 3. The molecule has 0 aliphatic heterocycles. The molecule has 1 aliphatic rings. The van der Waals surface area contributed by atoms with Crippen LogP contribution in [0, 0.1) is 4.77 Å². The van der Waals surface area contributed by atoms with Gasteiger partial charge in [0.1, 0.15) is 4.83 Å². The molecule has 1 aliphatic carbocycles. The first-order valence-corrected chi connectivity index (χ1v) is 10.7. The SMILES string of the molecule is S=c1nc2sc3c(c2c(-c2ccccc2)n1Cc1ccccc1)CCCC3. The minimum absolute atomic E-state index is 0.670. The van der Waals surface area contributed by atoms with E-state index in [2.05, 4.69) is 65.2 Å². The van der Waals surface area contributed by atoms with E-state index in [0.717, 1.165) is 17.8 Å². The Balaban J connectivity index is 1.83. The molecular weight excluding hydrogens is 368 g/mol. The lowest BCUT2D eigenvalue weighted by Crippen LogP contribution is -2.09. The molecule has 0 unspecified atom stereocenters. The molecule has 0 fully saturated rings. The van der Waals surface area contributed by atoms with E-state index in [9.17, 15) is 0 Å². The van der Waals surface area contributed by atoms with Gasteiger partial charge in [0, 0.05) is 10.3 Å². The van der Waals surface area contributed by atoms with Crippen molar-refractivity contribution in [2.75, 3.05) is 0 Å². The molecular formula is C23H20N2S2. The summed E-state index contributed by atoms with van der Waals surface area (Å²) in [5.74, 6) is 0. The van der Waals surface area contributed by atoms with E-state index in [1.807, 2.05) is 11.3 Å². The summed E-state index contributed by atoms with van der Waals surface area (Å²) >= 11 is 7.61. The summed E-state index contributed by atoms with van der Waals surface area (Å²) in [6, 6.07) is 21.2. The number of aryl methyl sites for hydroxylation is 2. The van der Waals surface area contributed by atoms with Gasteiger partial charge in [0.05, 0.1) is 12.2 Å². The van der Waals surface area contributed by atoms with Crippen molar-refractivity contribution in [2.45, 2.75) is 32.2 Å². The Hall–Kier alpha value is -2.30. The van der Waals surface area contributed by atoms with Crippen LogP contribution in [0.15, 0.2) is 60.7 Å². The molecule has 0 amide bonds. The summed E-state index contributed by atoms with van der Waals surface area (Å²) in [7, 11) is 0. The van der Waals surface area contributed by atoms with Crippen molar-refractivity contribution >= 4 is 33.8 Å². The number of thiophene rings is 1. The van der Waals surface area contributed by atoms with Gasteiger partial charge in [0.25, 0.3) is 0 Å². The Bertz CT molecular complexity index is 1160. The van der Waals surface area contributed by atoms with Crippen LogP contribution in [0.4, 0.5) is 0 Å². The molecule has 4 aromatic rings. The van der Waals surface area contributed by atoms with Crippen molar-refractivity contribution in [2.24, 2.45) is 0 Å². The molecule has 0 saturated heterocycles. The Morgan fingerprint density at radius 2 is 1.63 bits per heavy atom. The molecule has 5 rings (SSSR count). The van der Waals surface area contributed by atoms with Crippen LogP contribution in [0.1, 0.15) is 28.8 Å². The Kier molecular flexibility index (Phi) is 4.38. The molecule has 0 bridgehead atoms. The maximum Gasteiger partial charge on any atom is 0.201 e. The third-order valence-electron chi connectivity index (χ3n) is 5.32. The average Bonchev–Trinajstić information content (AvgIpc) is 3.08. The fourth-order valence-electron chi connectivity index (χ4n) is 4.06. The van der Waals surface area contributed by atoms with E-state index in [1.165, 1.54) is 51.9 Å². The summed E-state index contributed by atoms with van der Waals surface area (Å²) in [5, 5.41) is 1.32. The number of benzene rings is 2. The summed E-state index contributed by atoms with van der Waals surface area (Å²) in [4.78, 5) is 7.47. The third-order valence-corrected chi connectivity index (χ3v) is 6.82. The lowest BCUT2D eigenvalue weighted by molar-refractivity contribution is 0.699. The minimum Gasteiger partial charge on any atom is -0.311 e. The van der Waals surface area contributed by atoms with Gasteiger partial charge < -0.3 is 4.57 Å². The average molecular weight is 389 g/mol. The molecule has 0 spiro atoms. The molecule has 0 saturated carbocycles. The zero-order valence-electron chi connectivity index (χ0n) is 15.0. The highest BCUT2D eigenvalue weighted by Gasteiger charge is 2.22. The molecule has 2 aromatic carbocycles. The summed E-state index contributed by atoms with van der Waals surface area (Å²) in [5.41, 5.74) is 5.20. The number of hydrogen-bond donors (Lipinski definition) is 0. The number of rotatable bonds is 3. The van der Waals surface area contributed by atoms with Crippen LogP contribution in [0.2, 0.25) is 0 Å². The van der Waals surface area contributed by atoms with Gasteiger partial charge in [-0.05, 0) is 54.6 Å². The van der Waals surface area contributed by atoms with Crippen LogP contribution in [0.3, 0.4) is 0 Å². The molecule has 0 N–H and O–H groups in total. The molecule has 0 radical (unpaired) electrons. The predicted molar refractivity (Wildman–Crippen MR) is 116 cm³/mol. The standard InChI is InChI=1S/C23H20N2S2/c26-23-24-22-20(18-13-7-8-14-19(18)27-22)21(17-11-5-2-6-12-17)25(23)15-16-9-3-1-4-10-16/h1-6,9-12H,7-8,13-15H2. The van der Waals surface area contributed by atoms with Gasteiger partial charge in [0.15, 0.2) is 0 Å². The van der Waals surface area contributed by atoms with Gasteiger partial charge in [-0.25, -0.2) is 4.98 Å². The molecule has 2 aromatic heterocycles. The van der Waals surface area contributed by atoms with Crippen LogP contribution >= 0.6 is 23.6 Å². The topological polar surface area (TPSA) is 17.8 Å². The maximum absolute atomic E-state index is 5.77. The quantitative estimate of drug-likeness (QED) is 0.377. The van der Waals surface area contributed by atoms with Crippen LogP contribution in [-0.4, -0.2) is 9.55 Å². The Morgan fingerprint density at radius 1 is 0.926 bits per heavy atom. The van der Waals surface area contributed by atoms with E-state index in [1.54, 1.807) is 0 Å². The molecule has 134 valence electrons. The van der Waals surface area contributed by atoms with Gasteiger partial charge in [-0.3, -0.25) is 0 Å². The first-order chi connectivity index (χ1) is 13.3. The van der Waals surface area contributed by atoms with E-state index in [-0.39, 0.29) is 0 Å². The minimum atomic E-state index is 0.670. The van der Waals surface area contributed by atoms with Gasteiger partial charge in [-0.15, -0.1) is 11.3 Å². The van der Waals surface area contributed by atoms with Gasteiger partial charge in [-0.1, -0.05) is 60.7 Å². The molecule has 2 nitrogen and oxygen atoms in total. The predicted octanol–water partition coefficient (Wildman–Crippen LogP) is 6.42. The first-order valence-electron chi connectivity index (χ1n) is 9.46. The molecule has 4 heteroatoms. The van der Waals surface area contributed by atoms with Gasteiger partial charge in [0.2, 0.25) is 4.77 Å². The zero-order valence-corrected chi connectivity index (χ0v) is 16.7. The van der Waals surface area contributed by atoms with Crippen LogP contribution in [0.5, 0.6) is 0 Å². The number of nitrogens with zero attached hydrogens (tertiary/aromatic N) is 2. The summed E-state index contributed by atoms with van der Waals surface area (Å²) < 4.78 is 2.90. The van der Waals surface area contributed by atoms with Crippen LogP contribution < -0.4 is 0 Å². The maximum atomic E-state index is 5.77. The highest BCUT2D eigenvalue weighted by Crippen LogP contribution is 2.40. The lowest BCUT2D eigenvalue weighted by atomic mass is 9.94. The zero-order chi connectivity index (χ0) is 18.2. The van der Waals surface area contributed by atoms with Crippen molar-refractivity contribution in [3.8, 4) is 11.3 Å². The highest BCUT2D eigenvalue weighted by molar-refractivity contribution is 7.71. The fraction of sp³-hybridized carbons (Fsp3) is 0.217. The summed E-state index contributed by atoms with van der Waals surface area (Å²) in [6.07, 6.45) is 4.88. The second-order valence-corrected chi connectivity index (χ2v) is 8.52. The monoisotopic (exact) mass is 388 g/mol. The second kappa shape index (κ2) is 7.02. The summed E-state index contributed by atoms with van der Waals surface area (Å²) in [6.45, 7) is 0.747. The highest BCUT2D eigenvalue weighted by atomic mass is 32.1. The fourth-order valence-corrected chi connectivity index (χ4v) is 5.63. The van der Waals surface area contributed by atoms with Crippen molar-refractivity contribution in [1.82, 2.24) is 9.55 Å². The van der Waals surface area contributed by atoms with Crippen molar-refractivity contribution in [3.05, 3.63) is 81.4 Å². The van der Waals surface area contributed by atoms with Crippen molar-refractivity contribution < 1.29 is 0 Å². The van der Waals surface area contributed by atoms with E-state index >= 15 is 0 Å². The number of fused-ring (bicyclic) bond motifs is 3. The number of aromatic nitrogens is 2. The van der Waals surface area contributed by atoms with Crippen molar-refractivity contribution in [3.63, 3.8) is 0 Å². The lowest BCUT2D eigenvalue weighted by Gasteiger charge is -2.18. The normalized spacial score (nSPS) is 13.6.